The van der Waals surface area contributed by atoms with Crippen molar-refractivity contribution in [1.82, 2.24) is 15.5 Å². The van der Waals surface area contributed by atoms with E-state index in [1.54, 1.807) is 0 Å². The molecule has 1 N–H and O–H groups in total. The smallest absolute Gasteiger partial charge is 0.229 e. The van der Waals surface area contributed by atoms with Crippen molar-refractivity contribution in [2.75, 3.05) is 12.3 Å². The number of thioether (sulfide) groups is 1. The zero-order chi connectivity index (χ0) is 13.8. The Labute approximate surface area is 125 Å². The molecule has 0 spiro atoms. The largest absolute Gasteiger partial charge is 0.339 e. The Kier molecular flexibility index (Phi) is 4.99. The van der Waals surface area contributed by atoms with Gasteiger partial charge in [-0.1, -0.05) is 12.1 Å². The Morgan fingerprint density at radius 3 is 2.80 bits per heavy atom. The fourth-order valence-corrected chi connectivity index (χ4v) is 4.41. The molecule has 2 aliphatic rings. The van der Waals surface area contributed by atoms with Crippen molar-refractivity contribution >= 4 is 11.8 Å². The van der Waals surface area contributed by atoms with E-state index in [-0.39, 0.29) is 0 Å². The zero-order valence-corrected chi connectivity index (χ0v) is 13.1. The van der Waals surface area contributed by atoms with Gasteiger partial charge < -0.3 is 9.84 Å². The molecule has 1 unspecified atom stereocenters. The first kappa shape index (κ1) is 14.4. The fourth-order valence-electron chi connectivity index (χ4n) is 3.22. The second-order valence-corrected chi connectivity index (χ2v) is 7.31. The Hall–Kier alpha value is -0.550. The number of hydrogen-bond donors (Lipinski definition) is 1. The fraction of sp³-hybridized carbons (Fsp3) is 0.867. The molecule has 112 valence electrons. The minimum atomic E-state index is 0.482. The summed E-state index contributed by atoms with van der Waals surface area (Å²) in [6.07, 6.45) is 8.54. The van der Waals surface area contributed by atoms with Gasteiger partial charge in [-0.05, 0) is 57.2 Å². The van der Waals surface area contributed by atoms with Gasteiger partial charge in [0.2, 0.25) is 5.89 Å². The topological polar surface area (TPSA) is 51.0 Å². The Morgan fingerprint density at radius 2 is 2.10 bits per heavy atom. The second kappa shape index (κ2) is 6.94. The molecule has 1 aliphatic carbocycles. The Bertz CT molecular complexity index is 409. The zero-order valence-electron chi connectivity index (χ0n) is 12.3. The van der Waals surface area contributed by atoms with E-state index in [0.717, 1.165) is 18.3 Å². The second-order valence-electron chi connectivity index (χ2n) is 6.00. The van der Waals surface area contributed by atoms with E-state index in [4.69, 9.17) is 4.52 Å². The standard InChI is InChI=1S/C15H25N3OS/c1-2-9-16-12-7-5-11(6-8-12)15-17-14(18-19-15)13-4-3-10-20-13/h11-13,16H,2-10H2,1H3. The third-order valence-corrected chi connectivity index (χ3v) is 5.81. The van der Waals surface area contributed by atoms with Gasteiger partial charge in [-0.25, -0.2) is 0 Å². The quantitative estimate of drug-likeness (QED) is 0.898. The lowest BCUT2D eigenvalue weighted by atomic mass is 9.86. The molecular weight excluding hydrogens is 270 g/mol. The first-order valence-corrected chi connectivity index (χ1v) is 9.10. The third kappa shape index (κ3) is 3.37. The van der Waals surface area contributed by atoms with Crippen LogP contribution in [0.2, 0.25) is 0 Å². The summed E-state index contributed by atoms with van der Waals surface area (Å²) in [5, 5.41) is 8.32. The highest BCUT2D eigenvalue weighted by atomic mass is 32.2. The minimum absolute atomic E-state index is 0.482. The number of rotatable bonds is 5. The van der Waals surface area contributed by atoms with Crippen molar-refractivity contribution in [2.24, 2.45) is 0 Å². The SMILES string of the molecule is CCCNC1CCC(c2nc(C3CCCS3)no2)CC1. The lowest BCUT2D eigenvalue weighted by Gasteiger charge is -2.27. The number of aromatic nitrogens is 2. The van der Waals surface area contributed by atoms with Gasteiger partial charge in [-0.3, -0.25) is 0 Å². The molecule has 0 bridgehead atoms. The van der Waals surface area contributed by atoms with Crippen LogP contribution in [0.3, 0.4) is 0 Å². The van der Waals surface area contributed by atoms with Crippen LogP contribution in [0.4, 0.5) is 0 Å². The van der Waals surface area contributed by atoms with Gasteiger partial charge in [0.15, 0.2) is 5.82 Å². The van der Waals surface area contributed by atoms with Crippen LogP contribution in [0.15, 0.2) is 4.52 Å². The first-order valence-electron chi connectivity index (χ1n) is 8.05. The van der Waals surface area contributed by atoms with Crippen LogP contribution < -0.4 is 5.32 Å². The molecule has 0 amide bonds. The first-order chi connectivity index (χ1) is 9.86. The normalized spacial score (nSPS) is 30.8. The van der Waals surface area contributed by atoms with Gasteiger partial charge in [-0.15, -0.1) is 0 Å². The predicted molar refractivity (Wildman–Crippen MR) is 82.0 cm³/mol. The predicted octanol–water partition coefficient (Wildman–Crippen LogP) is 3.66. The van der Waals surface area contributed by atoms with Gasteiger partial charge in [-0.2, -0.15) is 16.7 Å². The summed E-state index contributed by atoms with van der Waals surface area (Å²) in [7, 11) is 0. The van der Waals surface area contributed by atoms with Gasteiger partial charge in [0.05, 0.1) is 5.25 Å². The summed E-state index contributed by atoms with van der Waals surface area (Å²) < 4.78 is 5.54. The molecule has 1 atom stereocenters. The van der Waals surface area contributed by atoms with Crippen molar-refractivity contribution in [3.05, 3.63) is 11.7 Å². The van der Waals surface area contributed by atoms with E-state index < -0.39 is 0 Å². The average Bonchev–Trinajstić information content (AvgIpc) is 3.16. The van der Waals surface area contributed by atoms with E-state index in [0.29, 0.717) is 17.2 Å². The van der Waals surface area contributed by atoms with Crippen molar-refractivity contribution in [1.29, 1.82) is 0 Å². The molecule has 1 aromatic heterocycles. The summed E-state index contributed by atoms with van der Waals surface area (Å²) in [5.41, 5.74) is 0. The van der Waals surface area contributed by atoms with Crippen LogP contribution in [-0.4, -0.2) is 28.5 Å². The molecule has 3 rings (SSSR count). The maximum Gasteiger partial charge on any atom is 0.229 e. The van der Waals surface area contributed by atoms with Crippen LogP contribution in [0.5, 0.6) is 0 Å². The Balaban J connectivity index is 1.52. The maximum absolute atomic E-state index is 5.54. The summed E-state index contributed by atoms with van der Waals surface area (Å²) in [6.45, 7) is 3.36. The minimum Gasteiger partial charge on any atom is -0.339 e. The number of nitrogens with one attached hydrogen (secondary N) is 1. The van der Waals surface area contributed by atoms with Crippen molar-refractivity contribution in [3.63, 3.8) is 0 Å². The summed E-state index contributed by atoms with van der Waals surface area (Å²) in [4.78, 5) is 4.68. The molecule has 1 saturated heterocycles. The summed E-state index contributed by atoms with van der Waals surface area (Å²) in [6, 6.07) is 0.693. The van der Waals surface area contributed by atoms with Crippen molar-refractivity contribution in [2.45, 2.75) is 69.1 Å². The molecule has 20 heavy (non-hydrogen) atoms. The molecule has 1 aromatic rings. The average molecular weight is 295 g/mol. The van der Waals surface area contributed by atoms with Crippen LogP contribution in [0, 0.1) is 0 Å². The molecule has 0 radical (unpaired) electrons. The monoisotopic (exact) mass is 295 g/mol. The van der Waals surface area contributed by atoms with Gasteiger partial charge in [0, 0.05) is 12.0 Å². The van der Waals surface area contributed by atoms with Gasteiger partial charge in [0.25, 0.3) is 0 Å². The van der Waals surface area contributed by atoms with Gasteiger partial charge in [0.1, 0.15) is 0 Å². The van der Waals surface area contributed by atoms with E-state index >= 15 is 0 Å². The number of nitrogens with zero attached hydrogens (tertiary/aromatic N) is 2. The lowest BCUT2D eigenvalue weighted by molar-refractivity contribution is 0.282. The summed E-state index contributed by atoms with van der Waals surface area (Å²) >= 11 is 1.97. The molecular formula is C15H25N3OS. The molecule has 2 heterocycles. The molecule has 5 heteroatoms. The number of hydrogen-bond acceptors (Lipinski definition) is 5. The highest BCUT2D eigenvalue weighted by Crippen LogP contribution is 2.39. The molecule has 0 aromatic carbocycles. The van der Waals surface area contributed by atoms with Crippen molar-refractivity contribution < 1.29 is 4.52 Å². The van der Waals surface area contributed by atoms with Crippen LogP contribution in [0.1, 0.15) is 74.8 Å². The van der Waals surface area contributed by atoms with Crippen molar-refractivity contribution in [3.8, 4) is 0 Å². The Morgan fingerprint density at radius 1 is 1.25 bits per heavy atom. The highest BCUT2D eigenvalue weighted by Gasteiger charge is 2.28. The molecule has 4 nitrogen and oxygen atoms in total. The molecule has 1 aliphatic heterocycles. The molecule has 1 saturated carbocycles. The van der Waals surface area contributed by atoms with E-state index in [9.17, 15) is 0 Å². The highest BCUT2D eigenvalue weighted by molar-refractivity contribution is 7.99. The third-order valence-electron chi connectivity index (χ3n) is 4.43. The molecule has 2 fully saturated rings. The van der Waals surface area contributed by atoms with Gasteiger partial charge >= 0.3 is 0 Å². The lowest BCUT2D eigenvalue weighted by Crippen LogP contribution is -2.33. The van der Waals surface area contributed by atoms with Crippen LogP contribution in [-0.2, 0) is 0 Å². The van der Waals surface area contributed by atoms with Crippen LogP contribution >= 0.6 is 11.8 Å². The van der Waals surface area contributed by atoms with E-state index in [2.05, 4.69) is 22.4 Å². The van der Waals surface area contributed by atoms with E-state index in [1.165, 1.54) is 50.7 Å². The summed E-state index contributed by atoms with van der Waals surface area (Å²) in [5.74, 6) is 3.56. The van der Waals surface area contributed by atoms with E-state index in [1.807, 2.05) is 11.8 Å². The maximum atomic E-state index is 5.54. The van der Waals surface area contributed by atoms with Crippen LogP contribution in [0.25, 0.3) is 0 Å².